The van der Waals surface area contributed by atoms with Crippen LogP contribution < -0.4 is 0 Å². The molecule has 0 bridgehead atoms. The van der Waals surface area contributed by atoms with Gasteiger partial charge in [0.05, 0.1) is 12.6 Å². The molecule has 6 nitrogen and oxygen atoms in total. The number of aliphatic hydroxyl groups is 1. The monoisotopic (exact) mass is 314 g/mol. The zero-order valence-electron chi connectivity index (χ0n) is 13.0. The van der Waals surface area contributed by atoms with E-state index in [0.29, 0.717) is 5.01 Å². The third-order valence-corrected chi connectivity index (χ3v) is 4.02. The Kier molecular flexibility index (Phi) is 4.28. The second kappa shape index (κ2) is 5.55. The molecule has 2 rings (SSSR count). The number of ether oxygens (including phenoxy) is 2. The average molecular weight is 314 g/mol. The van der Waals surface area contributed by atoms with Gasteiger partial charge < -0.3 is 14.6 Å². The molecule has 1 aromatic heterocycles. The van der Waals surface area contributed by atoms with Crippen molar-refractivity contribution < 1.29 is 19.4 Å². The maximum absolute atomic E-state index is 12.5. The van der Waals surface area contributed by atoms with Crippen LogP contribution in [0.4, 0.5) is 4.79 Å². The molecule has 1 aliphatic heterocycles. The molecule has 1 N–H and O–H groups in total. The third kappa shape index (κ3) is 3.53. The van der Waals surface area contributed by atoms with Crippen molar-refractivity contribution in [1.82, 2.24) is 9.88 Å². The molecule has 118 valence electrons. The summed E-state index contributed by atoms with van der Waals surface area (Å²) < 4.78 is 11.1. The molecule has 1 fully saturated rings. The predicted molar refractivity (Wildman–Crippen MR) is 79.0 cm³/mol. The zero-order chi connectivity index (χ0) is 15.8. The minimum atomic E-state index is -0.890. The van der Waals surface area contributed by atoms with Crippen molar-refractivity contribution in [2.45, 2.75) is 58.1 Å². The molecule has 2 atom stereocenters. The summed E-state index contributed by atoms with van der Waals surface area (Å²) in [6, 6.07) is -0.513. The Bertz CT molecular complexity index is 496. The zero-order valence-corrected chi connectivity index (χ0v) is 13.8. The Morgan fingerprint density at radius 3 is 2.81 bits per heavy atom. The van der Waals surface area contributed by atoms with Gasteiger partial charge in [-0.05, 0) is 34.6 Å². The maximum atomic E-state index is 12.5. The summed E-state index contributed by atoms with van der Waals surface area (Å²) in [5.74, 6) is 0. The van der Waals surface area contributed by atoms with E-state index in [1.807, 2.05) is 0 Å². The van der Waals surface area contributed by atoms with Gasteiger partial charge in [0, 0.05) is 11.6 Å². The first kappa shape index (κ1) is 16.2. The summed E-state index contributed by atoms with van der Waals surface area (Å²) in [7, 11) is 0. The minimum absolute atomic E-state index is 0.243. The summed E-state index contributed by atoms with van der Waals surface area (Å²) >= 11 is 1.35. The van der Waals surface area contributed by atoms with Crippen molar-refractivity contribution in [3.63, 3.8) is 0 Å². The van der Waals surface area contributed by atoms with Gasteiger partial charge >= 0.3 is 6.09 Å². The van der Waals surface area contributed by atoms with Gasteiger partial charge in [-0.3, -0.25) is 4.90 Å². The summed E-state index contributed by atoms with van der Waals surface area (Å²) in [5, 5.41) is 12.8. The second-order valence-electron chi connectivity index (χ2n) is 6.49. The number of amides is 1. The minimum Gasteiger partial charge on any atom is -0.444 e. The van der Waals surface area contributed by atoms with E-state index in [9.17, 15) is 9.90 Å². The summed E-state index contributed by atoms with van der Waals surface area (Å²) in [6.07, 6.45) is 0.243. The van der Waals surface area contributed by atoms with E-state index in [4.69, 9.17) is 9.47 Å². The van der Waals surface area contributed by atoms with Crippen LogP contribution in [0, 0.1) is 0 Å². The number of carbonyl (C=O) groups is 1. The van der Waals surface area contributed by atoms with Crippen LogP contribution in [0.5, 0.6) is 0 Å². The molecule has 1 saturated heterocycles. The smallest absolute Gasteiger partial charge is 0.413 e. The number of hydrogen-bond donors (Lipinski definition) is 1. The number of hydrogen-bond acceptors (Lipinski definition) is 6. The van der Waals surface area contributed by atoms with E-state index < -0.39 is 29.6 Å². The predicted octanol–water partition coefficient (Wildman–Crippen LogP) is 2.55. The van der Waals surface area contributed by atoms with E-state index in [1.54, 1.807) is 46.2 Å². The third-order valence-electron chi connectivity index (χ3n) is 3.18. The number of aromatic nitrogens is 1. The fraction of sp³-hybridized carbons (Fsp3) is 0.714. The molecule has 0 saturated carbocycles. The van der Waals surface area contributed by atoms with Gasteiger partial charge in [0.2, 0.25) is 0 Å². The van der Waals surface area contributed by atoms with Crippen LogP contribution in [0.15, 0.2) is 11.6 Å². The van der Waals surface area contributed by atoms with Crippen molar-refractivity contribution in [2.24, 2.45) is 0 Å². The lowest BCUT2D eigenvalue weighted by atomic mass is 10.1. The fourth-order valence-corrected chi connectivity index (χ4v) is 2.96. The first-order chi connectivity index (χ1) is 9.62. The first-order valence-corrected chi connectivity index (χ1v) is 7.73. The lowest BCUT2D eigenvalue weighted by Gasteiger charge is -2.36. The molecule has 1 aliphatic rings. The van der Waals surface area contributed by atoms with Crippen LogP contribution in [-0.2, 0) is 9.47 Å². The lowest BCUT2D eigenvalue weighted by molar-refractivity contribution is -0.0679. The standard InChI is InChI=1S/C14H22N2O4S/c1-13(2,3)20-12(18)16-9(8-19-14(16,4)5)10(17)11-15-6-7-21-11/h6-7,9-10,17H,8H2,1-5H3/t9-,10-/m0/s1. The lowest BCUT2D eigenvalue weighted by Crippen LogP contribution is -2.51. The average Bonchev–Trinajstić information content (AvgIpc) is 2.92. The molecule has 7 heteroatoms. The number of aliphatic hydroxyl groups excluding tert-OH is 1. The highest BCUT2D eigenvalue weighted by Gasteiger charge is 2.49. The quantitative estimate of drug-likeness (QED) is 0.908. The largest absolute Gasteiger partial charge is 0.444 e. The molecular weight excluding hydrogens is 292 g/mol. The number of rotatable bonds is 2. The van der Waals surface area contributed by atoms with Gasteiger partial charge in [-0.25, -0.2) is 9.78 Å². The molecule has 21 heavy (non-hydrogen) atoms. The SMILES string of the molecule is CC(C)(C)OC(=O)N1[C@H]([C@H](O)c2nccs2)COC1(C)C. The highest BCUT2D eigenvalue weighted by Crippen LogP contribution is 2.35. The maximum Gasteiger partial charge on any atom is 0.413 e. The van der Waals surface area contributed by atoms with E-state index in [2.05, 4.69) is 4.98 Å². The Labute approximate surface area is 128 Å². The fourth-order valence-electron chi connectivity index (χ4n) is 2.28. The van der Waals surface area contributed by atoms with Gasteiger partial charge in [-0.1, -0.05) is 0 Å². The Morgan fingerprint density at radius 2 is 2.29 bits per heavy atom. The summed E-state index contributed by atoms with van der Waals surface area (Å²) in [6.45, 7) is 9.23. The number of nitrogens with zero attached hydrogens (tertiary/aromatic N) is 2. The number of thiazole rings is 1. The first-order valence-electron chi connectivity index (χ1n) is 6.85. The van der Waals surface area contributed by atoms with Crippen LogP contribution in [0.3, 0.4) is 0 Å². The molecule has 0 aromatic carbocycles. The summed E-state index contributed by atoms with van der Waals surface area (Å²) in [4.78, 5) is 18.0. The summed E-state index contributed by atoms with van der Waals surface area (Å²) in [5.41, 5.74) is -1.43. The molecule has 0 spiro atoms. The molecule has 0 unspecified atom stereocenters. The molecule has 0 radical (unpaired) electrons. The van der Waals surface area contributed by atoms with E-state index in [0.717, 1.165) is 0 Å². The van der Waals surface area contributed by atoms with Gasteiger partial charge in [0.1, 0.15) is 22.4 Å². The van der Waals surface area contributed by atoms with E-state index >= 15 is 0 Å². The van der Waals surface area contributed by atoms with Crippen molar-refractivity contribution >= 4 is 17.4 Å². The van der Waals surface area contributed by atoms with Gasteiger partial charge in [-0.15, -0.1) is 11.3 Å². The molecular formula is C14H22N2O4S. The van der Waals surface area contributed by atoms with E-state index in [-0.39, 0.29) is 6.61 Å². The normalized spacial score (nSPS) is 23.1. The molecule has 1 amide bonds. The Morgan fingerprint density at radius 1 is 1.62 bits per heavy atom. The van der Waals surface area contributed by atoms with Crippen molar-refractivity contribution in [3.05, 3.63) is 16.6 Å². The van der Waals surface area contributed by atoms with Crippen LogP contribution in [-0.4, -0.2) is 45.1 Å². The van der Waals surface area contributed by atoms with Crippen LogP contribution in [0.2, 0.25) is 0 Å². The van der Waals surface area contributed by atoms with Crippen LogP contribution >= 0.6 is 11.3 Å². The molecule has 2 heterocycles. The second-order valence-corrected chi connectivity index (χ2v) is 7.42. The van der Waals surface area contributed by atoms with Crippen molar-refractivity contribution in [2.75, 3.05) is 6.61 Å². The highest BCUT2D eigenvalue weighted by molar-refractivity contribution is 7.09. The van der Waals surface area contributed by atoms with Gasteiger partial charge in [-0.2, -0.15) is 0 Å². The van der Waals surface area contributed by atoms with E-state index in [1.165, 1.54) is 16.2 Å². The Balaban J connectivity index is 2.23. The molecule has 1 aromatic rings. The Hall–Kier alpha value is -1.18. The van der Waals surface area contributed by atoms with Crippen LogP contribution in [0.25, 0.3) is 0 Å². The van der Waals surface area contributed by atoms with Crippen molar-refractivity contribution in [1.29, 1.82) is 0 Å². The highest BCUT2D eigenvalue weighted by atomic mass is 32.1. The van der Waals surface area contributed by atoms with Gasteiger partial charge in [0.25, 0.3) is 0 Å². The molecule has 0 aliphatic carbocycles. The topological polar surface area (TPSA) is 71.9 Å². The number of carbonyl (C=O) groups excluding carboxylic acids is 1. The van der Waals surface area contributed by atoms with Gasteiger partial charge in [0.15, 0.2) is 0 Å². The van der Waals surface area contributed by atoms with Crippen LogP contribution in [0.1, 0.15) is 45.7 Å². The van der Waals surface area contributed by atoms with Crippen molar-refractivity contribution in [3.8, 4) is 0 Å².